The van der Waals surface area contributed by atoms with Crippen molar-refractivity contribution < 1.29 is 4.79 Å². The molecule has 2 amide bonds. The van der Waals surface area contributed by atoms with Crippen LogP contribution in [0.15, 0.2) is 48.7 Å². The number of rotatable bonds is 9. The monoisotopic (exact) mass is 473 g/mol. The molecule has 0 aliphatic heterocycles. The Balaban J connectivity index is 1.87. The number of hydrogen-bond acceptors (Lipinski definition) is 1. The fourth-order valence-corrected chi connectivity index (χ4v) is 6.14. The molecule has 0 unspecified atom stereocenters. The number of hydrogen-bond donors (Lipinski definition) is 1. The normalized spacial score (nSPS) is 15.4. The number of benzene rings is 2. The van der Waals surface area contributed by atoms with Gasteiger partial charge in [0.05, 0.1) is 5.69 Å². The Morgan fingerprint density at radius 1 is 1.00 bits per heavy atom. The number of anilines is 1. The predicted molar refractivity (Wildman–Crippen MR) is 149 cm³/mol. The molecule has 4 rings (SSSR count). The molecule has 2 aromatic carbocycles. The first-order valence-electron chi connectivity index (χ1n) is 13.6. The smallest absolute Gasteiger partial charge is 0.319 e. The topological polar surface area (TPSA) is 51.3 Å². The lowest BCUT2D eigenvalue weighted by Crippen LogP contribution is -2.46. The van der Waals surface area contributed by atoms with E-state index in [-0.39, 0.29) is 11.4 Å². The average Bonchev–Trinajstić information content (AvgIpc) is 3.46. The molecule has 188 valence electrons. The van der Waals surface area contributed by atoms with Gasteiger partial charge < -0.3 is 10.3 Å². The van der Waals surface area contributed by atoms with Crippen molar-refractivity contribution in [1.29, 1.82) is 0 Å². The zero-order chi connectivity index (χ0) is 25.2. The summed E-state index contributed by atoms with van der Waals surface area (Å²) in [4.78, 5) is 15.1. The Hall–Kier alpha value is -2.75. The summed E-state index contributed by atoms with van der Waals surface area (Å²) in [6.45, 7) is 12.7. The number of nitrogens with zero attached hydrogens (tertiary/aromatic N) is 2. The van der Waals surface area contributed by atoms with Gasteiger partial charge in [0, 0.05) is 35.6 Å². The molecular formula is C31H43N3O. The fraction of sp³-hybridized carbons (Fsp3) is 0.516. The highest BCUT2D eigenvalue weighted by Gasteiger charge is 2.41. The largest absolute Gasteiger partial charge is 0.351 e. The Labute approximate surface area is 211 Å². The second-order valence-corrected chi connectivity index (χ2v) is 11.1. The second kappa shape index (κ2) is 10.5. The molecule has 2 N–H and O–H groups in total. The van der Waals surface area contributed by atoms with E-state index in [0.717, 1.165) is 31.5 Å². The summed E-state index contributed by atoms with van der Waals surface area (Å²) in [7, 11) is 0. The number of unbranched alkanes of at least 4 members (excludes halogenated alkanes) is 1. The number of amides is 2. The minimum Gasteiger partial charge on any atom is -0.351 e. The Kier molecular flexibility index (Phi) is 7.59. The third-order valence-electron chi connectivity index (χ3n) is 8.01. The van der Waals surface area contributed by atoms with E-state index in [1.807, 2.05) is 4.90 Å². The van der Waals surface area contributed by atoms with Crippen LogP contribution >= 0.6 is 0 Å². The summed E-state index contributed by atoms with van der Waals surface area (Å²) < 4.78 is 2.43. The Bertz CT molecular complexity index is 1140. The summed E-state index contributed by atoms with van der Waals surface area (Å²) in [5, 5.41) is 1.33. The molecule has 1 saturated carbocycles. The van der Waals surface area contributed by atoms with Crippen molar-refractivity contribution in [3.8, 4) is 0 Å². The number of aromatic nitrogens is 1. The molecule has 1 fully saturated rings. The Morgan fingerprint density at radius 3 is 2.20 bits per heavy atom. The zero-order valence-corrected chi connectivity index (χ0v) is 22.3. The first-order valence-corrected chi connectivity index (χ1v) is 13.6. The van der Waals surface area contributed by atoms with Gasteiger partial charge in [0.15, 0.2) is 0 Å². The number of para-hydroxylation sites is 2. The van der Waals surface area contributed by atoms with Gasteiger partial charge in [-0.1, -0.05) is 90.3 Å². The van der Waals surface area contributed by atoms with E-state index in [0.29, 0.717) is 18.4 Å². The summed E-state index contributed by atoms with van der Waals surface area (Å²) >= 11 is 0. The van der Waals surface area contributed by atoms with Crippen molar-refractivity contribution in [2.75, 3.05) is 11.4 Å². The van der Waals surface area contributed by atoms with Crippen LogP contribution in [0.5, 0.6) is 0 Å². The number of fused-ring (bicyclic) bond motifs is 1. The molecule has 4 nitrogen and oxygen atoms in total. The van der Waals surface area contributed by atoms with Gasteiger partial charge in [0.25, 0.3) is 0 Å². The van der Waals surface area contributed by atoms with Gasteiger partial charge in [-0.25, -0.2) is 4.79 Å². The molecular weight excluding hydrogens is 430 g/mol. The van der Waals surface area contributed by atoms with Crippen molar-refractivity contribution in [1.82, 2.24) is 4.57 Å². The van der Waals surface area contributed by atoms with Crippen molar-refractivity contribution in [3.05, 3.63) is 65.4 Å². The minimum atomic E-state index is -0.346. The van der Waals surface area contributed by atoms with E-state index >= 15 is 0 Å². The van der Waals surface area contributed by atoms with E-state index in [2.05, 4.69) is 87.8 Å². The van der Waals surface area contributed by atoms with Gasteiger partial charge in [-0.05, 0) is 53.9 Å². The highest BCUT2D eigenvalue weighted by Crippen LogP contribution is 2.47. The predicted octanol–water partition coefficient (Wildman–Crippen LogP) is 8.09. The van der Waals surface area contributed by atoms with E-state index in [4.69, 9.17) is 5.73 Å². The zero-order valence-electron chi connectivity index (χ0n) is 22.3. The maximum atomic E-state index is 13.2. The van der Waals surface area contributed by atoms with Gasteiger partial charge in [-0.3, -0.25) is 4.90 Å². The van der Waals surface area contributed by atoms with Crippen LogP contribution in [0, 0.1) is 0 Å². The first kappa shape index (κ1) is 25.3. The maximum Gasteiger partial charge on any atom is 0.319 e. The second-order valence-electron chi connectivity index (χ2n) is 11.1. The van der Waals surface area contributed by atoms with Gasteiger partial charge in [0.1, 0.15) is 0 Å². The van der Waals surface area contributed by atoms with Gasteiger partial charge in [-0.15, -0.1) is 0 Å². The number of urea groups is 1. The van der Waals surface area contributed by atoms with Crippen LogP contribution in [0.3, 0.4) is 0 Å². The number of carbonyl (C=O) groups excluding carboxylic acids is 1. The average molecular weight is 474 g/mol. The van der Waals surface area contributed by atoms with Crippen molar-refractivity contribution in [3.63, 3.8) is 0 Å². The van der Waals surface area contributed by atoms with Gasteiger partial charge in [-0.2, -0.15) is 0 Å². The molecule has 4 heteroatoms. The lowest BCUT2D eigenvalue weighted by Gasteiger charge is -2.37. The molecule has 1 aromatic heterocycles. The summed E-state index contributed by atoms with van der Waals surface area (Å²) in [5.41, 5.74) is 12.2. The SMILES string of the molecule is CCCCn1cc(C2(CN(C(N)=O)c3c(C(C)C)cccc3C(C)C)CCCC2)c2ccccc21. The van der Waals surface area contributed by atoms with E-state index in [9.17, 15) is 4.79 Å². The Morgan fingerprint density at radius 2 is 1.63 bits per heavy atom. The summed E-state index contributed by atoms with van der Waals surface area (Å²) in [6, 6.07) is 14.9. The minimum absolute atomic E-state index is 0.0928. The van der Waals surface area contributed by atoms with E-state index < -0.39 is 0 Å². The number of primary amides is 1. The number of carbonyl (C=O) groups is 1. The van der Waals surface area contributed by atoms with E-state index in [1.165, 1.54) is 46.9 Å². The molecule has 0 atom stereocenters. The van der Waals surface area contributed by atoms with Crippen LogP contribution < -0.4 is 10.6 Å². The van der Waals surface area contributed by atoms with Crippen LogP contribution in [0.2, 0.25) is 0 Å². The third kappa shape index (κ3) is 4.85. The molecule has 0 saturated heterocycles. The van der Waals surface area contributed by atoms with Crippen LogP contribution in [0.1, 0.15) is 102 Å². The number of aryl methyl sites for hydroxylation is 1. The van der Waals surface area contributed by atoms with Crippen molar-refractivity contribution >= 4 is 22.6 Å². The molecule has 0 spiro atoms. The maximum absolute atomic E-state index is 13.2. The van der Waals surface area contributed by atoms with Crippen LogP contribution in [0.4, 0.5) is 10.5 Å². The molecule has 1 heterocycles. The lowest BCUT2D eigenvalue weighted by molar-refractivity contribution is 0.251. The standard InChI is InChI=1S/C31H43N3O/c1-6-7-19-33-20-27(26-13-8-9-16-28(26)33)31(17-10-11-18-31)21-34(30(32)35)29-24(22(2)3)14-12-15-25(29)23(4)5/h8-9,12-16,20,22-23H,6-7,10-11,17-19,21H2,1-5H3,(H2,32,35). The third-order valence-corrected chi connectivity index (χ3v) is 8.01. The summed E-state index contributed by atoms with van der Waals surface area (Å²) in [6.07, 6.45) is 9.26. The molecule has 35 heavy (non-hydrogen) atoms. The highest BCUT2D eigenvalue weighted by atomic mass is 16.2. The molecule has 3 aromatic rings. The molecule has 0 bridgehead atoms. The molecule has 1 aliphatic rings. The number of nitrogens with two attached hydrogens (primary N) is 1. The fourth-order valence-electron chi connectivity index (χ4n) is 6.14. The van der Waals surface area contributed by atoms with Crippen molar-refractivity contribution in [2.24, 2.45) is 5.73 Å². The first-order chi connectivity index (χ1) is 16.8. The van der Waals surface area contributed by atoms with E-state index in [1.54, 1.807) is 0 Å². The van der Waals surface area contributed by atoms with Gasteiger partial charge >= 0.3 is 6.03 Å². The molecule has 1 aliphatic carbocycles. The highest BCUT2D eigenvalue weighted by molar-refractivity contribution is 5.94. The van der Waals surface area contributed by atoms with Crippen LogP contribution in [-0.4, -0.2) is 17.1 Å². The van der Waals surface area contributed by atoms with Crippen LogP contribution in [-0.2, 0) is 12.0 Å². The lowest BCUT2D eigenvalue weighted by atomic mass is 9.77. The summed E-state index contributed by atoms with van der Waals surface area (Å²) in [5.74, 6) is 0.613. The molecule has 0 radical (unpaired) electrons. The quantitative estimate of drug-likeness (QED) is 0.335. The van der Waals surface area contributed by atoms with Gasteiger partial charge in [0.2, 0.25) is 0 Å². The van der Waals surface area contributed by atoms with Crippen molar-refractivity contribution in [2.45, 2.75) is 96.9 Å². The van der Waals surface area contributed by atoms with Crippen LogP contribution in [0.25, 0.3) is 10.9 Å².